The van der Waals surface area contributed by atoms with Gasteiger partial charge in [-0.3, -0.25) is 14.5 Å². The number of benzene rings is 1. The van der Waals surface area contributed by atoms with Gasteiger partial charge in [0.15, 0.2) is 5.78 Å². The van der Waals surface area contributed by atoms with E-state index in [9.17, 15) is 9.59 Å². The number of amides is 1. The van der Waals surface area contributed by atoms with Crippen LogP contribution < -0.4 is 4.74 Å². The van der Waals surface area contributed by atoms with E-state index < -0.39 is 0 Å². The number of aryl methyl sites for hydroxylation is 1. The number of carbonyl (C=O) groups excluding carboxylic acids is 2. The second kappa shape index (κ2) is 8.80. The van der Waals surface area contributed by atoms with Crippen LogP contribution in [0, 0.1) is 13.8 Å². The van der Waals surface area contributed by atoms with Gasteiger partial charge in [0.25, 0.3) is 5.91 Å². The Hall–Kier alpha value is -2.31. The molecule has 1 aromatic carbocycles. The number of Topliss-reactive ketones (excluding diaryl/α,β-unsaturated/α-hetero) is 1. The molecule has 7 heteroatoms. The summed E-state index contributed by atoms with van der Waals surface area (Å²) < 4.78 is 5.75. The molecule has 1 aliphatic rings. The average molecular weight is 404 g/mol. The van der Waals surface area contributed by atoms with Crippen molar-refractivity contribution in [2.75, 3.05) is 39.3 Å². The van der Waals surface area contributed by atoms with Crippen LogP contribution in [0.3, 0.4) is 0 Å². The highest BCUT2D eigenvalue weighted by Gasteiger charge is 2.26. The molecule has 0 aliphatic carbocycles. The number of para-hydroxylation sites is 1. The zero-order valence-corrected chi connectivity index (χ0v) is 17.3. The molecule has 0 spiro atoms. The number of carbonyl (C=O) groups is 2. The Morgan fingerprint density at radius 3 is 2.43 bits per heavy atom. The lowest BCUT2D eigenvalue weighted by Gasteiger charge is -2.34. The van der Waals surface area contributed by atoms with Crippen LogP contribution in [0.1, 0.15) is 39.0 Å². The van der Waals surface area contributed by atoms with E-state index >= 15 is 0 Å². The summed E-state index contributed by atoms with van der Waals surface area (Å²) in [5.74, 6) is 0.630. The Labute approximate surface area is 170 Å². The van der Waals surface area contributed by atoms with Gasteiger partial charge < -0.3 is 14.6 Å². The molecule has 0 saturated carbocycles. The molecule has 0 bridgehead atoms. The standard InChI is InChI=1S/C21H26ClN3O3/c1-14-19(16(3)26)15(2)23-20(14)21(27)25-10-8-24(9-11-25)12-13-28-18-7-5-4-6-17(18)22/h4-7,23H,8-13H2,1-3H3. The number of hydrogen-bond donors (Lipinski definition) is 1. The summed E-state index contributed by atoms with van der Waals surface area (Å²) >= 11 is 6.10. The highest BCUT2D eigenvalue weighted by Crippen LogP contribution is 2.23. The number of aromatic nitrogens is 1. The summed E-state index contributed by atoms with van der Waals surface area (Å²) in [6.45, 7) is 9.40. The van der Waals surface area contributed by atoms with Gasteiger partial charge in [-0.1, -0.05) is 23.7 Å². The number of H-pyrrole nitrogens is 1. The van der Waals surface area contributed by atoms with Gasteiger partial charge in [-0.2, -0.15) is 0 Å². The van der Waals surface area contributed by atoms with Crippen molar-refractivity contribution >= 4 is 23.3 Å². The maximum Gasteiger partial charge on any atom is 0.270 e. The van der Waals surface area contributed by atoms with Gasteiger partial charge in [0.2, 0.25) is 0 Å². The number of nitrogens with zero attached hydrogens (tertiary/aromatic N) is 2. The summed E-state index contributed by atoms with van der Waals surface area (Å²) in [7, 11) is 0. The normalized spacial score (nSPS) is 14.9. The molecule has 28 heavy (non-hydrogen) atoms. The minimum Gasteiger partial charge on any atom is -0.491 e. The fourth-order valence-electron chi connectivity index (χ4n) is 3.67. The first kappa shape index (κ1) is 20.4. The molecule has 1 amide bonds. The largest absolute Gasteiger partial charge is 0.491 e. The van der Waals surface area contributed by atoms with Crippen LogP contribution in [0.25, 0.3) is 0 Å². The fourth-order valence-corrected chi connectivity index (χ4v) is 3.86. The summed E-state index contributed by atoms with van der Waals surface area (Å²) in [4.78, 5) is 31.9. The Morgan fingerprint density at radius 2 is 1.82 bits per heavy atom. The lowest BCUT2D eigenvalue weighted by molar-refractivity contribution is 0.0614. The van der Waals surface area contributed by atoms with Gasteiger partial charge in [0.05, 0.1) is 5.02 Å². The lowest BCUT2D eigenvalue weighted by atomic mass is 10.1. The monoisotopic (exact) mass is 403 g/mol. The van der Waals surface area contributed by atoms with Gasteiger partial charge in [0.1, 0.15) is 18.1 Å². The molecule has 150 valence electrons. The van der Waals surface area contributed by atoms with E-state index in [2.05, 4.69) is 9.88 Å². The molecular formula is C21H26ClN3O3. The van der Waals surface area contributed by atoms with Crippen molar-refractivity contribution in [1.29, 1.82) is 0 Å². The molecular weight excluding hydrogens is 378 g/mol. The quantitative estimate of drug-likeness (QED) is 0.751. The first-order chi connectivity index (χ1) is 13.4. The number of ketones is 1. The zero-order valence-electron chi connectivity index (χ0n) is 16.5. The average Bonchev–Trinajstić information content (AvgIpc) is 2.97. The topological polar surface area (TPSA) is 65.6 Å². The number of halogens is 1. The van der Waals surface area contributed by atoms with Crippen molar-refractivity contribution in [2.45, 2.75) is 20.8 Å². The van der Waals surface area contributed by atoms with Crippen LogP contribution >= 0.6 is 11.6 Å². The number of nitrogens with one attached hydrogen (secondary N) is 1. The van der Waals surface area contributed by atoms with Gasteiger partial charge in [-0.05, 0) is 38.5 Å². The molecule has 0 radical (unpaired) electrons. The predicted molar refractivity (Wildman–Crippen MR) is 110 cm³/mol. The Kier molecular flexibility index (Phi) is 6.42. The Balaban J connectivity index is 1.51. The summed E-state index contributed by atoms with van der Waals surface area (Å²) in [6, 6.07) is 7.43. The van der Waals surface area contributed by atoms with Crippen molar-refractivity contribution in [3.8, 4) is 5.75 Å². The van der Waals surface area contributed by atoms with Crippen LogP contribution in [0.15, 0.2) is 24.3 Å². The van der Waals surface area contributed by atoms with Crippen molar-refractivity contribution in [3.05, 3.63) is 51.8 Å². The lowest BCUT2D eigenvalue weighted by Crippen LogP contribution is -2.49. The minimum atomic E-state index is -0.0416. The third kappa shape index (κ3) is 4.39. The van der Waals surface area contributed by atoms with E-state index in [-0.39, 0.29) is 11.7 Å². The number of hydrogen-bond acceptors (Lipinski definition) is 4. The second-order valence-corrected chi connectivity index (χ2v) is 7.50. The number of piperazine rings is 1. The van der Waals surface area contributed by atoms with E-state index in [1.807, 2.05) is 43.0 Å². The number of ether oxygens (including phenoxy) is 1. The van der Waals surface area contributed by atoms with Crippen molar-refractivity contribution in [1.82, 2.24) is 14.8 Å². The smallest absolute Gasteiger partial charge is 0.270 e. The predicted octanol–water partition coefficient (Wildman–Crippen LogP) is 3.32. The van der Waals surface area contributed by atoms with Crippen molar-refractivity contribution in [3.63, 3.8) is 0 Å². The highest BCUT2D eigenvalue weighted by atomic mass is 35.5. The molecule has 6 nitrogen and oxygen atoms in total. The molecule has 1 aliphatic heterocycles. The SMILES string of the molecule is CC(=O)c1c(C)[nH]c(C(=O)N2CCN(CCOc3ccccc3Cl)CC2)c1C. The Morgan fingerprint density at radius 1 is 1.14 bits per heavy atom. The molecule has 2 aromatic rings. The molecule has 1 saturated heterocycles. The molecule has 0 unspecified atom stereocenters. The van der Waals surface area contributed by atoms with Crippen LogP contribution in [-0.4, -0.2) is 65.8 Å². The zero-order chi connectivity index (χ0) is 20.3. The maximum atomic E-state index is 12.9. The van der Waals surface area contributed by atoms with Crippen LogP contribution in [0.2, 0.25) is 5.02 Å². The minimum absolute atomic E-state index is 0.0198. The third-order valence-electron chi connectivity index (χ3n) is 5.16. The summed E-state index contributed by atoms with van der Waals surface area (Å²) in [5.41, 5.74) is 2.64. The number of rotatable bonds is 6. The summed E-state index contributed by atoms with van der Waals surface area (Å²) in [6.07, 6.45) is 0. The highest BCUT2D eigenvalue weighted by molar-refractivity contribution is 6.32. The molecule has 1 aromatic heterocycles. The molecule has 0 atom stereocenters. The summed E-state index contributed by atoms with van der Waals surface area (Å²) in [5, 5.41) is 0.611. The van der Waals surface area contributed by atoms with E-state index in [0.29, 0.717) is 41.7 Å². The third-order valence-corrected chi connectivity index (χ3v) is 5.48. The van der Waals surface area contributed by atoms with Gasteiger partial charge in [-0.15, -0.1) is 0 Å². The van der Waals surface area contributed by atoms with E-state index in [0.717, 1.165) is 30.9 Å². The molecule has 2 heterocycles. The van der Waals surface area contributed by atoms with Gasteiger partial charge in [-0.25, -0.2) is 0 Å². The van der Waals surface area contributed by atoms with Crippen LogP contribution in [-0.2, 0) is 0 Å². The Bertz CT molecular complexity index is 870. The number of aromatic amines is 1. The van der Waals surface area contributed by atoms with Gasteiger partial charge >= 0.3 is 0 Å². The molecule has 1 fully saturated rings. The van der Waals surface area contributed by atoms with Crippen LogP contribution in [0.4, 0.5) is 0 Å². The van der Waals surface area contributed by atoms with E-state index in [1.54, 1.807) is 0 Å². The van der Waals surface area contributed by atoms with Crippen molar-refractivity contribution < 1.29 is 14.3 Å². The first-order valence-electron chi connectivity index (χ1n) is 9.47. The van der Waals surface area contributed by atoms with Gasteiger partial charge in [0, 0.05) is 44.0 Å². The van der Waals surface area contributed by atoms with Crippen molar-refractivity contribution in [2.24, 2.45) is 0 Å². The maximum absolute atomic E-state index is 12.9. The van der Waals surface area contributed by atoms with Crippen LogP contribution in [0.5, 0.6) is 5.75 Å². The first-order valence-corrected chi connectivity index (χ1v) is 9.85. The fraction of sp³-hybridized carbons (Fsp3) is 0.429. The molecule has 3 rings (SSSR count). The van der Waals surface area contributed by atoms with E-state index in [1.165, 1.54) is 6.92 Å². The second-order valence-electron chi connectivity index (χ2n) is 7.09. The van der Waals surface area contributed by atoms with E-state index in [4.69, 9.17) is 16.3 Å². The molecule has 1 N–H and O–H groups in total.